The van der Waals surface area contributed by atoms with Crippen LogP contribution in [-0.4, -0.2) is 17.0 Å². The minimum absolute atomic E-state index is 0.804. The number of nitrogens with zero attached hydrogens (tertiary/aromatic N) is 2. The predicted molar refractivity (Wildman–Crippen MR) is 56.4 cm³/mol. The summed E-state index contributed by atoms with van der Waals surface area (Å²) in [6.45, 7) is 5.68. The molecule has 0 saturated heterocycles. The first-order chi connectivity index (χ1) is 6.33. The maximum Gasteiger partial charge on any atom is 0.137 e. The van der Waals surface area contributed by atoms with Crippen LogP contribution in [0.25, 0.3) is 12.2 Å². The molecular weight excluding hydrogens is 162 g/mol. The van der Waals surface area contributed by atoms with Gasteiger partial charge in [-0.15, -0.1) is 0 Å². The van der Waals surface area contributed by atoms with Gasteiger partial charge in [-0.25, -0.2) is 9.97 Å². The van der Waals surface area contributed by atoms with Gasteiger partial charge in [0.15, 0.2) is 0 Å². The molecule has 0 fully saturated rings. The fourth-order valence-electron chi connectivity index (χ4n) is 1.10. The summed E-state index contributed by atoms with van der Waals surface area (Å²) in [5.41, 5.74) is 1.82. The molecule has 0 aromatic carbocycles. The maximum atomic E-state index is 4.14. The summed E-state index contributed by atoms with van der Waals surface area (Å²) in [6.07, 6.45) is 7.16. The summed E-state index contributed by atoms with van der Waals surface area (Å²) in [6, 6.07) is 0. The van der Waals surface area contributed by atoms with Crippen molar-refractivity contribution < 1.29 is 0 Å². The highest BCUT2D eigenvalue weighted by Crippen LogP contribution is 2.16. The Bertz CT molecular complexity index is 329. The Labute approximate surface area is 78.2 Å². The molecule has 1 rings (SSSR count). The van der Waals surface area contributed by atoms with Crippen molar-refractivity contribution in [3.63, 3.8) is 0 Å². The Balaban J connectivity index is 3.26. The third-order valence-corrected chi connectivity index (χ3v) is 1.68. The molecule has 0 saturated carbocycles. The molecule has 3 nitrogen and oxygen atoms in total. The zero-order valence-electron chi connectivity index (χ0n) is 7.91. The van der Waals surface area contributed by atoms with Crippen LogP contribution in [0.15, 0.2) is 19.0 Å². The highest BCUT2D eigenvalue weighted by atomic mass is 15.0. The van der Waals surface area contributed by atoms with Gasteiger partial charge in [-0.05, 0) is 13.0 Å². The molecule has 0 bridgehead atoms. The lowest BCUT2D eigenvalue weighted by Crippen LogP contribution is -1.98. The average molecular weight is 175 g/mol. The van der Waals surface area contributed by atoms with Gasteiger partial charge in [0.1, 0.15) is 12.1 Å². The molecule has 0 unspecified atom stereocenters. The standard InChI is InChI=1S/C10H13N3/c1-4-6-9-8(5-2)10(11-3)13-7-12-9/h4-7H,2H2,1,3H3,(H,11,12,13)/b6-4-. The molecule has 0 aliphatic heterocycles. The summed E-state index contributed by atoms with van der Waals surface area (Å²) in [5.74, 6) is 0.804. The van der Waals surface area contributed by atoms with E-state index in [0.717, 1.165) is 17.1 Å². The summed E-state index contributed by atoms with van der Waals surface area (Å²) in [5, 5.41) is 2.99. The van der Waals surface area contributed by atoms with Gasteiger partial charge < -0.3 is 5.32 Å². The molecule has 1 aromatic rings. The molecule has 0 aliphatic rings. The summed E-state index contributed by atoms with van der Waals surface area (Å²) < 4.78 is 0. The summed E-state index contributed by atoms with van der Waals surface area (Å²) in [4.78, 5) is 8.22. The summed E-state index contributed by atoms with van der Waals surface area (Å²) in [7, 11) is 1.83. The van der Waals surface area contributed by atoms with Crippen molar-refractivity contribution in [3.05, 3.63) is 30.2 Å². The minimum Gasteiger partial charge on any atom is -0.373 e. The third-order valence-electron chi connectivity index (χ3n) is 1.68. The fourth-order valence-corrected chi connectivity index (χ4v) is 1.10. The van der Waals surface area contributed by atoms with Crippen LogP contribution in [0.2, 0.25) is 0 Å². The smallest absolute Gasteiger partial charge is 0.137 e. The van der Waals surface area contributed by atoms with Gasteiger partial charge in [0, 0.05) is 12.6 Å². The van der Waals surface area contributed by atoms with Gasteiger partial charge in [-0.1, -0.05) is 18.7 Å². The molecule has 13 heavy (non-hydrogen) atoms. The number of hydrogen-bond acceptors (Lipinski definition) is 3. The van der Waals surface area contributed by atoms with E-state index < -0.39 is 0 Å². The van der Waals surface area contributed by atoms with Crippen LogP contribution < -0.4 is 5.32 Å². The van der Waals surface area contributed by atoms with E-state index in [1.54, 1.807) is 6.08 Å². The van der Waals surface area contributed by atoms with Crippen molar-refractivity contribution in [2.75, 3.05) is 12.4 Å². The van der Waals surface area contributed by atoms with Gasteiger partial charge >= 0.3 is 0 Å². The topological polar surface area (TPSA) is 37.8 Å². The quantitative estimate of drug-likeness (QED) is 0.765. The molecule has 1 N–H and O–H groups in total. The van der Waals surface area contributed by atoms with Crippen LogP contribution in [0.1, 0.15) is 18.2 Å². The highest BCUT2D eigenvalue weighted by Gasteiger charge is 2.02. The van der Waals surface area contributed by atoms with E-state index in [2.05, 4.69) is 21.9 Å². The second-order valence-corrected chi connectivity index (χ2v) is 2.48. The second-order valence-electron chi connectivity index (χ2n) is 2.48. The van der Waals surface area contributed by atoms with Gasteiger partial charge in [0.05, 0.1) is 5.69 Å². The van der Waals surface area contributed by atoms with E-state index in [-0.39, 0.29) is 0 Å². The molecule has 3 heteroatoms. The fraction of sp³-hybridized carbons (Fsp3) is 0.200. The lowest BCUT2D eigenvalue weighted by molar-refractivity contribution is 1.13. The Hall–Kier alpha value is -1.64. The van der Waals surface area contributed by atoms with Crippen LogP contribution in [0, 0.1) is 0 Å². The zero-order chi connectivity index (χ0) is 9.68. The Morgan fingerprint density at radius 3 is 2.77 bits per heavy atom. The first kappa shape index (κ1) is 9.45. The van der Waals surface area contributed by atoms with Crippen LogP contribution >= 0.6 is 0 Å². The number of anilines is 1. The van der Waals surface area contributed by atoms with E-state index >= 15 is 0 Å². The van der Waals surface area contributed by atoms with E-state index in [4.69, 9.17) is 0 Å². The highest BCUT2D eigenvalue weighted by molar-refractivity contribution is 5.70. The Kier molecular flexibility index (Phi) is 3.20. The van der Waals surface area contributed by atoms with Crippen molar-refractivity contribution >= 4 is 18.0 Å². The van der Waals surface area contributed by atoms with E-state index in [1.165, 1.54) is 6.33 Å². The maximum absolute atomic E-state index is 4.14. The SMILES string of the molecule is C=Cc1c(/C=C\C)ncnc1NC. The Morgan fingerprint density at radius 1 is 1.46 bits per heavy atom. The van der Waals surface area contributed by atoms with Crippen molar-refractivity contribution in [1.29, 1.82) is 0 Å². The number of nitrogens with one attached hydrogen (secondary N) is 1. The molecule has 68 valence electrons. The monoisotopic (exact) mass is 175 g/mol. The van der Waals surface area contributed by atoms with Crippen molar-refractivity contribution in [2.24, 2.45) is 0 Å². The number of aromatic nitrogens is 2. The first-order valence-corrected chi connectivity index (χ1v) is 4.11. The molecule has 0 radical (unpaired) electrons. The van der Waals surface area contributed by atoms with Gasteiger partial charge in [-0.3, -0.25) is 0 Å². The third kappa shape index (κ3) is 1.93. The number of allylic oxidation sites excluding steroid dienone is 1. The van der Waals surface area contributed by atoms with Gasteiger partial charge in [0.25, 0.3) is 0 Å². The first-order valence-electron chi connectivity index (χ1n) is 4.11. The van der Waals surface area contributed by atoms with Crippen LogP contribution in [0.5, 0.6) is 0 Å². The number of rotatable bonds is 3. The second kappa shape index (κ2) is 4.40. The largest absolute Gasteiger partial charge is 0.373 e. The molecule has 0 aliphatic carbocycles. The van der Waals surface area contributed by atoms with Crippen LogP contribution in [0.4, 0.5) is 5.82 Å². The minimum atomic E-state index is 0.804. The van der Waals surface area contributed by atoms with Crippen molar-refractivity contribution in [1.82, 2.24) is 9.97 Å². The summed E-state index contributed by atoms with van der Waals surface area (Å²) >= 11 is 0. The van der Waals surface area contributed by atoms with E-state index in [9.17, 15) is 0 Å². The van der Waals surface area contributed by atoms with Crippen LogP contribution in [-0.2, 0) is 0 Å². The molecular formula is C10H13N3. The normalized spacial score (nSPS) is 10.3. The average Bonchev–Trinajstić information content (AvgIpc) is 2.18. The van der Waals surface area contributed by atoms with Gasteiger partial charge in [-0.2, -0.15) is 0 Å². The van der Waals surface area contributed by atoms with Crippen molar-refractivity contribution in [2.45, 2.75) is 6.92 Å². The molecule has 1 aromatic heterocycles. The molecule has 0 amide bonds. The predicted octanol–water partition coefficient (Wildman–Crippen LogP) is 2.19. The lowest BCUT2D eigenvalue weighted by Gasteiger charge is -2.05. The lowest BCUT2D eigenvalue weighted by atomic mass is 10.2. The van der Waals surface area contributed by atoms with Gasteiger partial charge in [0.2, 0.25) is 0 Å². The van der Waals surface area contributed by atoms with Crippen molar-refractivity contribution in [3.8, 4) is 0 Å². The van der Waals surface area contributed by atoms with Crippen LogP contribution in [0.3, 0.4) is 0 Å². The number of hydrogen-bond donors (Lipinski definition) is 1. The van der Waals surface area contributed by atoms with E-state index in [1.807, 2.05) is 26.1 Å². The Morgan fingerprint density at radius 2 is 2.23 bits per heavy atom. The molecule has 0 atom stereocenters. The molecule has 0 spiro atoms. The zero-order valence-corrected chi connectivity index (χ0v) is 7.91. The van der Waals surface area contributed by atoms with E-state index in [0.29, 0.717) is 0 Å². The molecule has 1 heterocycles.